The normalized spacial score (nSPS) is 18.0. The van der Waals surface area contributed by atoms with Gasteiger partial charge in [-0.25, -0.2) is 0 Å². The van der Waals surface area contributed by atoms with E-state index in [1.165, 1.54) is 5.56 Å². The molecule has 2 aromatic heterocycles. The zero-order chi connectivity index (χ0) is 17.8. The lowest BCUT2D eigenvalue weighted by Crippen LogP contribution is -2.34. The van der Waals surface area contributed by atoms with Gasteiger partial charge in [-0.05, 0) is 49.2 Å². The number of benzene rings is 1. The average Bonchev–Trinajstić information content (AvgIpc) is 3.19. The van der Waals surface area contributed by atoms with E-state index in [-0.39, 0.29) is 5.92 Å². The second-order valence-electron chi connectivity index (χ2n) is 6.61. The van der Waals surface area contributed by atoms with Gasteiger partial charge < -0.3 is 9.15 Å². The molecule has 6 nitrogen and oxygen atoms in total. The van der Waals surface area contributed by atoms with Crippen LogP contribution in [0.2, 0.25) is 0 Å². The van der Waals surface area contributed by atoms with Gasteiger partial charge in [0.1, 0.15) is 5.75 Å². The molecule has 0 amide bonds. The SMILES string of the molecule is COc1cccc(CN2CCC[C@@H](c3nnc(-c4ccncc4)o3)C2)c1. The first-order chi connectivity index (χ1) is 12.8. The highest BCUT2D eigenvalue weighted by atomic mass is 16.5. The van der Waals surface area contributed by atoms with Crippen LogP contribution in [0.1, 0.15) is 30.2 Å². The quantitative estimate of drug-likeness (QED) is 0.701. The molecule has 0 saturated carbocycles. The van der Waals surface area contributed by atoms with E-state index in [0.29, 0.717) is 5.89 Å². The Labute approximate surface area is 152 Å². The van der Waals surface area contributed by atoms with Crippen molar-refractivity contribution in [2.75, 3.05) is 20.2 Å². The fourth-order valence-electron chi connectivity index (χ4n) is 3.44. The smallest absolute Gasteiger partial charge is 0.247 e. The van der Waals surface area contributed by atoms with E-state index in [4.69, 9.17) is 9.15 Å². The summed E-state index contributed by atoms with van der Waals surface area (Å²) < 4.78 is 11.3. The first kappa shape index (κ1) is 16.7. The van der Waals surface area contributed by atoms with E-state index < -0.39 is 0 Å². The number of pyridine rings is 1. The molecule has 1 atom stereocenters. The van der Waals surface area contributed by atoms with Gasteiger partial charge in [0.25, 0.3) is 0 Å². The van der Waals surface area contributed by atoms with E-state index in [9.17, 15) is 0 Å². The van der Waals surface area contributed by atoms with Crippen LogP contribution in [0.25, 0.3) is 11.5 Å². The molecule has 1 aromatic carbocycles. The maximum Gasteiger partial charge on any atom is 0.247 e. The van der Waals surface area contributed by atoms with Gasteiger partial charge in [-0.3, -0.25) is 9.88 Å². The van der Waals surface area contributed by atoms with Crippen molar-refractivity contribution in [3.63, 3.8) is 0 Å². The van der Waals surface area contributed by atoms with Gasteiger partial charge in [0.05, 0.1) is 13.0 Å². The number of ether oxygens (including phenoxy) is 1. The van der Waals surface area contributed by atoms with Gasteiger partial charge in [-0.2, -0.15) is 0 Å². The molecule has 0 spiro atoms. The summed E-state index contributed by atoms with van der Waals surface area (Å²) in [5.74, 6) is 2.46. The fourth-order valence-corrected chi connectivity index (χ4v) is 3.44. The molecule has 26 heavy (non-hydrogen) atoms. The molecule has 1 fully saturated rings. The molecule has 0 radical (unpaired) electrons. The molecule has 3 heterocycles. The molecule has 134 valence electrons. The molecule has 1 aliphatic rings. The summed E-state index contributed by atoms with van der Waals surface area (Å²) in [6.07, 6.45) is 5.67. The van der Waals surface area contributed by atoms with Crippen LogP contribution in [0.5, 0.6) is 5.75 Å². The third-order valence-electron chi connectivity index (χ3n) is 4.76. The second kappa shape index (κ2) is 7.66. The van der Waals surface area contributed by atoms with E-state index in [1.807, 2.05) is 24.3 Å². The third kappa shape index (κ3) is 3.75. The summed E-state index contributed by atoms with van der Waals surface area (Å²) in [5, 5.41) is 8.52. The molecular formula is C20H22N4O2. The topological polar surface area (TPSA) is 64.3 Å². The van der Waals surface area contributed by atoms with Crippen LogP contribution < -0.4 is 4.74 Å². The summed E-state index contributed by atoms with van der Waals surface area (Å²) >= 11 is 0. The van der Waals surface area contributed by atoms with Crippen LogP contribution in [-0.4, -0.2) is 40.3 Å². The Balaban J connectivity index is 1.44. The van der Waals surface area contributed by atoms with Crippen molar-refractivity contribution in [3.8, 4) is 17.2 Å². The third-order valence-corrected chi connectivity index (χ3v) is 4.76. The van der Waals surface area contributed by atoms with Gasteiger partial charge in [-0.15, -0.1) is 10.2 Å². The lowest BCUT2D eigenvalue weighted by molar-refractivity contribution is 0.186. The second-order valence-corrected chi connectivity index (χ2v) is 6.61. The van der Waals surface area contributed by atoms with Crippen molar-refractivity contribution in [2.45, 2.75) is 25.3 Å². The fraction of sp³-hybridized carbons (Fsp3) is 0.350. The molecule has 0 aliphatic carbocycles. The van der Waals surface area contributed by atoms with Crippen LogP contribution in [0.3, 0.4) is 0 Å². The van der Waals surface area contributed by atoms with Gasteiger partial charge in [-0.1, -0.05) is 12.1 Å². The lowest BCUT2D eigenvalue weighted by atomic mass is 9.97. The average molecular weight is 350 g/mol. The molecule has 6 heteroatoms. The molecule has 3 aromatic rings. The zero-order valence-corrected chi connectivity index (χ0v) is 14.8. The first-order valence-corrected chi connectivity index (χ1v) is 8.91. The maximum atomic E-state index is 5.95. The highest BCUT2D eigenvalue weighted by Crippen LogP contribution is 2.29. The van der Waals surface area contributed by atoms with E-state index in [1.54, 1.807) is 19.5 Å². The van der Waals surface area contributed by atoms with Crippen LogP contribution in [0.4, 0.5) is 0 Å². The van der Waals surface area contributed by atoms with E-state index >= 15 is 0 Å². The predicted molar refractivity (Wildman–Crippen MR) is 97.8 cm³/mol. The molecule has 0 bridgehead atoms. The molecule has 0 N–H and O–H groups in total. The number of methoxy groups -OCH3 is 1. The number of piperidine rings is 1. The molecule has 0 unspecified atom stereocenters. The van der Waals surface area contributed by atoms with Gasteiger partial charge in [0, 0.05) is 31.0 Å². The molecule has 4 rings (SSSR count). The van der Waals surface area contributed by atoms with Gasteiger partial charge in [0.15, 0.2) is 0 Å². The zero-order valence-electron chi connectivity index (χ0n) is 14.8. The van der Waals surface area contributed by atoms with Crippen LogP contribution in [0.15, 0.2) is 53.2 Å². The Morgan fingerprint density at radius 3 is 2.92 bits per heavy atom. The van der Waals surface area contributed by atoms with E-state index in [0.717, 1.165) is 49.7 Å². The summed E-state index contributed by atoms with van der Waals surface area (Å²) in [4.78, 5) is 6.47. The minimum Gasteiger partial charge on any atom is -0.497 e. The van der Waals surface area contributed by atoms with Crippen molar-refractivity contribution in [1.29, 1.82) is 0 Å². The largest absolute Gasteiger partial charge is 0.497 e. The standard InChI is InChI=1S/C20H22N4O2/c1-25-18-6-2-4-15(12-18)13-24-11-3-5-17(14-24)20-23-22-19(26-20)16-7-9-21-10-8-16/h2,4,6-10,12,17H,3,5,11,13-14H2,1H3/t17-/m1/s1. The van der Waals surface area contributed by atoms with E-state index in [2.05, 4.69) is 32.2 Å². The van der Waals surface area contributed by atoms with Crippen molar-refractivity contribution < 1.29 is 9.15 Å². The number of hydrogen-bond donors (Lipinski definition) is 0. The van der Waals surface area contributed by atoms with Crippen LogP contribution in [0, 0.1) is 0 Å². The maximum absolute atomic E-state index is 5.95. The van der Waals surface area contributed by atoms with Crippen LogP contribution >= 0.6 is 0 Å². The van der Waals surface area contributed by atoms with Crippen molar-refractivity contribution in [1.82, 2.24) is 20.1 Å². The predicted octanol–water partition coefficient (Wildman–Crippen LogP) is 3.52. The van der Waals surface area contributed by atoms with Crippen molar-refractivity contribution in [2.24, 2.45) is 0 Å². The first-order valence-electron chi connectivity index (χ1n) is 8.91. The van der Waals surface area contributed by atoms with Gasteiger partial charge in [0.2, 0.25) is 11.8 Å². The van der Waals surface area contributed by atoms with Crippen molar-refractivity contribution in [3.05, 3.63) is 60.2 Å². The highest BCUT2D eigenvalue weighted by Gasteiger charge is 2.26. The number of likely N-dealkylation sites (tertiary alicyclic amines) is 1. The molecule has 1 aliphatic heterocycles. The van der Waals surface area contributed by atoms with Crippen molar-refractivity contribution >= 4 is 0 Å². The minimum atomic E-state index is 0.275. The number of aromatic nitrogens is 3. The number of hydrogen-bond acceptors (Lipinski definition) is 6. The summed E-state index contributed by atoms with van der Waals surface area (Å²) in [5.41, 5.74) is 2.16. The number of rotatable bonds is 5. The Bertz CT molecular complexity index is 850. The summed E-state index contributed by atoms with van der Waals surface area (Å²) in [6, 6.07) is 12.0. The summed E-state index contributed by atoms with van der Waals surface area (Å²) in [6.45, 7) is 2.91. The van der Waals surface area contributed by atoms with Gasteiger partial charge >= 0.3 is 0 Å². The Morgan fingerprint density at radius 2 is 2.08 bits per heavy atom. The highest BCUT2D eigenvalue weighted by molar-refractivity contribution is 5.50. The number of nitrogens with zero attached hydrogens (tertiary/aromatic N) is 4. The Kier molecular flexibility index (Phi) is 4.93. The van der Waals surface area contributed by atoms with Crippen LogP contribution in [-0.2, 0) is 6.54 Å². The summed E-state index contributed by atoms with van der Waals surface area (Å²) in [7, 11) is 1.70. The monoisotopic (exact) mass is 350 g/mol. The lowest BCUT2D eigenvalue weighted by Gasteiger charge is -2.31. The Hall–Kier alpha value is -2.73. The molecule has 1 saturated heterocycles. The Morgan fingerprint density at radius 1 is 1.19 bits per heavy atom. The minimum absolute atomic E-state index is 0.275. The molecular weight excluding hydrogens is 328 g/mol.